The summed E-state index contributed by atoms with van der Waals surface area (Å²) in [6.45, 7) is 0.385. The fraction of sp³-hybridized carbons (Fsp3) is 0.103. The van der Waals surface area contributed by atoms with Gasteiger partial charge in [0.15, 0.2) is 0 Å². The Kier molecular flexibility index (Phi) is 7.94. The molecule has 0 spiro atoms. The van der Waals surface area contributed by atoms with Crippen molar-refractivity contribution in [2.75, 3.05) is 19.5 Å². The summed E-state index contributed by atoms with van der Waals surface area (Å²) in [6.07, 6.45) is 3.16. The Balaban J connectivity index is 1.57. The molecular weight excluding hydrogens is 530 g/mol. The van der Waals surface area contributed by atoms with Crippen molar-refractivity contribution in [2.45, 2.75) is 11.4 Å². The van der Waals surface area contributed by atoms with Crippen molar-refractivity contribution in [3.63, 3.8) is 0 Å². The Morgan fingerprint density at radius 2 is 1.77 bits per heavy atom. The van der Waals surface area contributed by atoms with Crippen LogP contribution in [0, 0.1) is 0 Å². The first-order valence-electron chi connectivity index (χ1n) is 12.1. The van der Waals surface area contributed by atoms with E-state index in [1.807, 2.05) is 48.5 Å². The van der Waals surface area contributed by atoms with Crippen molar-refractivity contribution >= 4 is 39.2 Å². The van der Waals surface area contributed by atoms with E-state index in [0.29, 0.717) is 45.2 Å². The minimum absolute atomic E-state index is 0.127. The maximum absolute atomic E-state index is 13.5. The van der Waals surface area contributed by atoms with Crippen molar-refractivity contribution in [3.8, 4) is 23.0 Å². The molecule has 0 bridgehead atoms. The summed E-state index contributed by atoms with van der Waals surface area (Å²) < 4.78 is 27.1. The predicted octanol–water partition coefficient (Wildman–Crippen LogP) is 4.96. The highest BCUT2D eigenvalue weighted by atomic mass is 32.2. The first kappa shape index (κ1) is 26.7. The van der Waals surface area contributed by atoms with Gasteiger partial charge in [0.05, 0.1) is 41.4 Å². The van der Waals surface area contributed by atoms with Gasteiger partial charge in [0.1, 0.15) is 11.0 Å². The van der Waals surface area contributed by atoms with Crippen LogP contribution in [-0.2, 0) is 17.5 Å². The predicted molar refractivity (Wildman–Crippen MR) is 152 cm³/mol. The number of aromatic carboxylic acids is 1. The molecule has 2 heterocycles. The molecule has 0 aliphatic heterocycles. The smallest absolute Gasteiger partial charge is 0.335 e. The summed E-state index contributed by atoms with van der Waals surface area (Å²) in [6, 6.07) is 21.8. The molecule has 5 rings (SSSR count). The number of hydrogen-bond acceptors (Lipinski definition) is 8. The van der Waals surface area contributed by atoms with E-state index in [-0.39, 0.29) is 11.6 Å². The molecule has 5 aromatic rings. The van der Waals surface area contributed by atoms with Crippen LogP contribution in [0.15, 0.2) is 90.1 Å². The quantitative estimate of drug-likeness (QED) is 0.218. The van der Waals surface area contributed by atoms with Crippen molar-refractivity contribution < 1.29 is 23.6 Å². The Hall–Kier alpha value is -4.87. The number of nitrogens with zero attached hydrogens (tertiary/aromatic N) is 3. The molecule has 3 N–H and O–H groups in total. The normalized spacial score (nSPS) is 11.7. The van der Waals surface area contributed by atoms with E-state index < -0.39 is 17.0 Å². The number of aromatic nitrogens is 3. The molecule has 11 heteroatoms. The number of pyridine rings is 1. The maximum atomic E-state index is 13.5. The second kappa shape index (κ2) is 11.9. The van der Waals surface area contributed by atoms with Gasteiger partial charge in [-0.05, 0) is 35.4 Å². The molecule has 1 unspecified atom stereocenters. The average Bonchev–Trinajstić information content (AvgIpc) is 3.00. The number of carboxylic acids is 1. The highest BCUT2D eigenvalue weighted by Crippen LogP contribution is 2.35. The van der Waals surface area contributed by atoms with Gasteiger partial charge < -0.3 is 19.9 Å². The first-order chi connectivity index (χ1) is 19.5. The Labute approximate surface area is 232 Å². The van der Waals surface area contributed by atoms with E-state index in [1.165, 1.54) is 26.4 Å². The Morgan fingerprint density at radius 3 is 2.52 bits per heavy atom. The van der Waals surface area contributed by atoms with Crippen LogP contribution in [0.1, 0.15) is 15.9 Å². The van der Waals surface area contributed by atoms with Gasteiger partial charge in [-0.2, -0.15) is 4.98 Å². The lowest BCUT2D eigenvalue weighted by Crippen LogP contribution is -2.18. The van der Waals surface area contributed by atoms with Crippen LogP contribution in [-0.4, -0.2) is 44.5 Å². The summed E-state index contributed by atoms with van der Waals surface area (Å²) in [7, 11) is 1.36. The summed E-state index contributed by atoms with van der Waals surface area (Å²) in [5.41, 5.74) is 4.19. The highest BCUT2D eigenvalue weighted by molar-refractivity contribution is 7.83. The van der Waals surface area contributed by atoms with E-state index in [4.69, 9.17) is 9.47 Å². The summed E-state index contributed by atoms with van der Waals surface area (Å²) in [5.74, 6) is -0.699. The lowest BCUT2D eigenvalue weighted by molar-refractivity contribution is 0.0697. The number of rotatable bonds is 10. The van der Waals surface area contributed by atoms with Crippen molar-refractivity contribution in [1.82, 2.24) is 19.7 Å². The molecule has 40 heavy (non-hydrogen) atoms. The second-order valence-electron chi connectivity index (χ2n) is 8.60. The lowest BCUT2D eigenvalue weighted by Gasteiger charge is -2.16. The zero-order valence-corrected chi connectivity index (χ0v) is 22.4. The zero-order chi connectivity index (χ0) is 28.1. The SMILES string of the molecule is COc1ncc(-c2ccc3c(Nc4cccc(C(=O)O)c4)c(S(=O)NCc4ccccc4)cnc3c2)c(OC)n1. The maximum Gasteiger partial charge on any atom is 0.335 e. The first-order valence-corrected chi connectivity index (χ1v) is 13.3. The van der Waals surface area contributed by atoms with Crippen molar-refractivity contribution in [2.24, 2.45) is 0 Å². The standard InChI is InChI=1S/C29H25N5O5S/c1-38-27-23(16-31-29(34-27)39-2)19-11-12-22-24(14-19)30-17-25(40(37)32-15-18-7-4-3-5-8-18)26(22)33-21-10-6-9-20(13-21)28(35)36/h3-14,16-17,32H,15H2,1-2H3,(H,30,33)(H,35,36). The molecule has 0 aliphatic rings. The number of carbonyl (C=O) groups is 1. The Morgan fingerprint density at radius 1 is 0.950 bits per heavy atom. The van der Waals surface area contributed by atoms with Gasteiger partial charge in [0.2, 0.25) is 5.88 Å². The summed E-state index contributed by atoms with van der Waals surface area (Å²) in [5, 5.41) is 13.4. The molecule has 0 amide bonds. The number of nitrogens with one attached hydrogen (secondary N) is 2. The Bertz CT molecular complexity index is 1710. The average molecular weight is 556 g/mol. The molecular formula is C29H25N5O5S. The van der Waals surface area contributed by atoms with Crippen LogP contribution < -0.4 is 19.5 Å². The number of carboxylic acid groups (broad SMARTS) is 1. The molecule has 0 aliphatic carbocycles. The number of benzene rings is 3. The van der Waals surface area contributed by atoms with Crippen LogP contribution in [0.2, 0.25) is 0 Å². The number of hydrogen-bond donors (Lipinski definition) is 3. The van der Waals surface area contributed by atoms with Gasteiger partial charge in [-0.25, -0.2) is 18.7 Å². The highest BCUT2D eigenvalue weighted by Gasteiger charge is 2.18. The molecule has 0 saturated carbocycles. The largest absolute Gasteiger partial charge is 0.480 e. The number of anilines is 2. The molecule has 0 fully saturated rings. The fourth-order valence-corrected chi connectivity index (χ4v) is 5.06. The number of fused-ring (bicyclic) bond motifs is 1. The van der Waals surface area contributed by atoms with E-state index in [0.717, 1.165) is 11.1 Å². The van der Waals surface area contributed by atoms with Gasteiger partial charge in [0, 0.05) is 30.0 Å². The van der Waals surface area contributed by atoms with Crippen LogP contribution in [0.25, 0.3) is 22.0 Å². The van der Waals surface area contributed by atoms with Crippen LogP contribution >= 0.6 is 0 Å². The third-order valence-electron chi connectivity index (χ3n) is 6.08. The molecule has 0 saturated heterocycles. The monoisotopic (exact) mass is 555 g/mol. The van der Waals surface area contributed by atoms with E-state index >= 15 is 0 Å². The van der Waals surface area contributed by atoms with Gasteiger partial charge in [-0.1, -0.05) is 48.5 Å². The van der Waals surface area contributed by atoms with Gasteiger partial charge in [-0.3, -0.25) is 4.98 Å². The third-order valence-corrected chi connectivity index (χ3v) is 7.20. The molecule has 2 aromatic heterocycles. The van der Waals surface area contributed by atoms with Crippen molar-refractivity contribution in [3.05, 3.63) is 96.3 Å². The van der Waals surface area contributed by atoms with Crippen molar-refractivity contribution in [1.29, 1.82) is 0 Å². The number of methoxy groups -OCH3 is 2. The molecule has 202 valence electrons. The molecule has 10 nitrogen and oxygen atoms in total. The van der Waals surface area contributed by atoms with Gasteiger partial charge in [0.25, 0.3) is 0 Å². The summed E-state index contributed by atoms with van der Waals surface area (Å²) in [4.78, 5) is 25.0. The van der Waals surface area contributed by atoms with Gasteiger partial charge >= 0.3 is 12.0 Å². The lowest BCUT2D eigenvalue weighted by atomic mass is 10.0. The molecule has 0 radical (unpaired) electrons. The molecule has 1 atom stereocenters. The van der Waals surface area contributed by atoms with E-state index in [2.05, 4.69) is 25.0 Å². The minimum Gasteiger partial charge on any atom is -0.480 e. The van der Waals surface area contributed by atoms with E-state index in [1.54, 1.807) is 24.5 Å². The number of ether oxygens (including phenoxy) is 2. The second-order valence-corrected chi connectivity index (χ2v) is 9.86. The zero-order valence-electron chi connectivity index (χ0n) is 21.6. The molecule has 3 aromatic carbocycles. The minimum atomic E-state index is -1.63. The topological polar surface area (TPSA) is 136 Å². The van der Waals surface area contributed by atoms with Crippen LogP contribution in [0.3, 0.4) is 0 Å². The fourth-order valence-electron chi connectivity index (χ4n) is 4.11. The van der Waals surface area contributed by atoms with Crippen LogP contribution in [0.5, 0.6) is 11.9 Å². The van der Waals surface area contributed by atoms with Crippen LogP contribution in [0.4, 0.5) is 11.4 Å². The summed E-state index contributed by atoms with van der Waals surface area (Å²) >= 11 is 0. The van der Waals surface area contributed by atoms with E-state index in [9.17, 15) is 14.1 Å². The third kappa shape index (κ3) is 5.75. The van der Waals surface area contributed by atoms with Gasteiger partial charge in [-0.15, -0.1) is 0 Å².